The van der Waals surface area contributed by atoms with Gasteiger partial charge >= 0.3 is 6.09 Å². The Hall–Kier alpha value is -1.88. The quantitative estimate of drug-likeness (QED) is 0.498. The number of unbranched alkanes of at least 4 members (excludes halogenated alkanes) is 1. The highest BCUT2D eigenvalue weighted by molar-refractivity contribution is 5.67. The summed E-state index contributed by atoms with van der Waals surface area (Å²) in [5, 5.41) is 2.75. The Morgan fingerprint density at radius 2 is 1.92 bits per heavy atom. The highest BCUT2D eigenvalue weighted by Gasteiger charge is 2.14. The molecule has 1 amide bonds. The topological polar surface area (TPSA) is 58.6 Å². The molecule has 0 spiro atoms. The van der Waals surface area contributed by atoms with Gasteiger partial charge in [0.1, 0.15) is 6.29 Å². The monoisotopic (exact) mass is 334 g/mol. The maximum absolute atomic E-state index is 11.7. The highest BCUT2D eigenvalue weighted by Crippen LogP contribution is 2.21. The van der Waals surface area contributed by atoms with Gasteiger partial charge in [0.25, 0.3) is 0 Å². The van der Waals surface area contributed by atoms with Crippen LogP contribution in [0.2, 0.25) is 0 Å². The van der Waals surface area contributed by atoms with Gasteiger partial charge in [0.05, 0.1) is 6.61 Å². The van der Waals surface area contributed by atoms with E-state index in [9.17, 15) is 9.59 Å². The zero-order chi connectivity index (χ0) is 17.8. The Labute approximate surface area is 145 Å². The van der Waals surface area contributed by atoms with Crippen LogP contribution < -0.4 is 5.32 Å². The van der Waals surface area contributed by atoms with Gasteiger partial charge in [0.2, 0.25) is 0 Å². The fourth-order valence-electron chi connectivity index (χ4n) is 2.56. The van der Waals surface area contributed by atoms with Crippen LogP contribution in [0.15, 0.2) is 30.3 Å². The minimum absolute atomic E-state index is 0.0953. The van der Waals surface area contributed by atoms with Crippen LogP contribution in [0.3, 0.4) is 0 Å². The van der Waals surface area contributed by atoms with Gasteiger partial charge < -0.3 is 19.7 Å². The summed E-state index contributed by atoms with van der Waals surface area (Å²) in [4.78, 5) is 24.3. The Morgan fingerprint density at radius 3 is 2.54 bits per heavy atom. The van der Waals surface area contributed by atoms with Crippen molar-refractivity contribution in [3.8, 4) is 0 Å². The smallest absolute Gasteiger partial charge is 0.407 e. The number of carbonyl (C=O) groups is 2. The number of nitrogens with one attached hydrogen (secondary N) is 1. The van der Waals surface area contributed by atoms with Crippen LogP contribution >= 0.6 is 0 Å². The molecule has 134 valence electrons. The minimum atomic E-state index is -0.371. The molecular formula is C19H30N2O3. The Kier molecular flexibility index (Phi) is 9.77. The zero-order valence-electron chi connectivity index (χ0n) is 15.0. The molecule has 0 unspecified atom stereocenters. The summed E-state index contributed by atoms with van der Waals surface area (Å²) in [7, 11) is 4.05. The van der Waals surface area contributed by atoms with Gasteiger partial charge in [-0.2, -0.15) is 0 Å². The van der Waals surface area contributed by atoms with Gasteiger partial charge in [-0.1, -0.05) is 43.7 Å². The molecule has 1 aromatic carbocycles. The first kappa shape index (κ1) is 20.2. The van der Waals surface area contributed by atoms with E-state index in [0.717, 1.165) is 32.0 Å². The second-order valence-electron chi connectivity index (χ2n) is 6.35. The molecule has 24 heavy (non-hydrogen) atoms. The molecular weight excluding hydrogens is 304 g/mol. The molecule has 1 rings (SSSR count). The summed E-state index contributed by atoms with van der Waals surface area (Å²) < 4.78 is 5.26. The van der Waals surface area contributed by atoms with E-state index < -0.39 is 0 Å². The predicted octanol–water partition coefficient (Wildman–Crippen LogP) is 3.41. The van der Waals surface area contributed by atoms with E-state index in [2.05, 4.69) is 22.3 Å². The first-order chi connectivity index (χ1) is 11.5. The Morgan fingerprint density at radius 1 is 1.21 bits per heavy atom. The van der Waals surface area contributed by atoms with Gasteiger partial charge in [-0.15, -0.1) is 0 Å². The van der Waals surface area contributed by atoms with Crippen molar-refractivity contribution in [2.75, 3.05) is 27.2 Å². The first-order valence-electron chi connectivity index (χ1n) is 8.62. The second kappa shape index (κ2) is 11.6. The van der Waals surface area contributed by atoms with Crippen LogP contribution in [0.1, 0.15) is 44.2 Å². The highest BCUT2D eigenvalue weighted by atomic mass is 16.5. The molecule has 0 saturated heterocycles. The van der Waals surface area contributed by atoms with Gasteiger partial charge in [-0.25, -0.2) is 4.79 Å². The molecule has 0 fully saturated rings. The largest absolute Gasteiger partial charge is 0.449 e. The number of ether oxygens (including phenoxy) is 1. The number of nitrogens with zero attached hydrogens (tertiary/aromatic N) is 1. The van der Waals surface area contributed by atoms with Crippen molar-refractivity contribution in [2.45, 2.75) is 38.6 Å². The van der Waals surface area contributed by atoms with Crippen molar-refractivity contribution in [1.29, 1.82) is 0 Å². The number of benzene rings is 1. The number of rotatable bonds is 11. The molecule has 5 heteroatoms. The number of hydrogen-bond donors (Lipinski definition) is 1. The second-order valence-corrected chi connectivity index (χ2v) is 6.35. The Balaban J connectivity index is 2.20. The van der Waals surface area contributed by atoms with Crippen molar-refractivity contribution < 1.29 is 14.3 Å². The lowest BCUT2D eigenvalue weighted by Gasteiger charge is -2.24. The number of carbonyl (C=O) groups excluding carboxylic acids is 2. The maximum atomic E-state index is 11.7. The molecule has 0 saturated carbocycles. The lowest BCUT2D eigenvalue weighted by molar-refractivity contribution is -0.110. The summed E-state index contributed by atoms with van der Waals surface area (Å²) in [5.41, 5.74) is 1.22. The maximum Gasteiger partial charge on any atom is 0.407 e. The third kappa shape index (κ3) is 8.11. The standard InChI is InChI=1S/C19H30N2O3/c1-16(15-22)9-7-8-13-20-19(23)24-14-12-18(21(2)3)17-10-5-4-6-11-17/h4-6,10-11,15-16,18H,7-9,12-14H2,1-3H3,(H,20,23)/t16-,18+/m0/s1. The zero-order valence-corrected chi connectivity index (χ0v) is 15.0. The van der Waals surface area contributed by atoms with E-state index in [4.69, 9.17) is 4.74 Å². The molecule has 0 aliphatic heterocycles. The molecule has 2 atom stereocenters. The van der Waals surface area contributed by atoms with E-state index in [1.807, 2.05) is 39.2 Å². The molecule has 5 nitrogen and oxygen atoms in total. The van der Waals surface area contributed by atoms with Crippen LogP contribution in [0.4, 0.5) is 4.79 Å². The SMILES string of the molecule is C[C@H](C=O)CCCCNC(=O)OCC[C@H](c1ccccc1)N(C)C. The van der Waals surface area contributed by atoms with Crippen LogP contribution in [-0.2, 0) is 9.53 Å². The van der Waals surface area contributed by atoms with E-state index >= 15 is 0 Å². The molecule has 1 aromatic rings. The Bertz CT molecular complexity index is 477. The molecule has 0 bridgehead atoms. The molecule has 0 radical (unpaired) electrons. The van der Waals surface area contributed by atoms with Crippen molar-refractivity contribution in [3.63, 3.8) is 0 Å². The van der Waals surface area contributed by atoms with Crippen LogP contribution in [0.5, 0.6) is 0 Å². The number of hydrogen-bond acceptors (Lipinski definition) is 4. The van der Waals surface area contributed by atoms with E-state index in [0.29, 0.717) is 13.2 Å². The number of alkyl carbamates (subject to hydrolysis) is 1. The fourth-order valence-corrected chi connectivity index (χ4v) is 2.56. The van der Waals surface area contributed by atoms with E-state index in [-0.39, 0.29) is 18.1 Å². The van der Waals surface area contributed by atoms with Crippen molar-refractivity contribution >= 4 is 12.4 Å². The average Bonchev–Trinajstić information content (AvgIpc) is 2.58. The van der Waals surface area contributed by atoms with E-state index in [1.165, 1.54) is 5.56 Å². The fraction of sp³-hybridized carbons (Fsp3) is 0.579. The van der Waals surface area contributed by atoms with Crippen LogP contribution in [0, 0.1) is 5.92 Å². The summed E-state index contributed by atoms with van der Waals surface area (Å²) in [6, 6.07) is 10.4. The molecule has 1 N–H and O–H groups in total. The van der Waals surface area contributed by atoms with Gasteiger partial charge in [0, 0.05) is 24.9 Å². The molecule has 0 heterocycles. The van der Waals surface area contributed by atoms with Crippen molar-refractivity contribution in [2.24, 2.45) is 5.92 Å². The van der Waals surface area contributed by atoms with E-state index in [1.54, 1.807) is 0 Å². The van der Waals surface area contributed by atoms with Gasteiger partial charge in [0.15, 0.2) is 0 Å². The number of amides is 1. The molecule has 0 aliphatic rings. The number of aldehydes is 1. The van der Waals surface area contributed by atoms with Crippen LogP contribution in [0.25, 0.3) is 0 Å². The normalized spacial score (nSPS) is 13.3. The first-order valence-corrected chi connectivity index (χ1v) is 8.62. The van der Waals surface area contributed by atoms with Gasteiger partial charge in [-0.3, -0.25) is 0 Å². The van der Waals surface area contributed by atoms with Crippen molar-refractivity contribution in [1.82, 2.24) is 10.2 Å². The molecule has 0 aromatic heterocycles. The van der Waals surface area contributed by atoms with Crippen LogP contribution in [-0.4, -0.2) is 44.5 Å². The van der Waals surface area contributed by atoms with Crippen molar-refractivity contribution in [3.05, 3.63) is 35.9 Å². The third-order valence-electron chi connectivity index (χ3n) is 4.02. The average molecular weight is 334 g/mol. The summed E-state index contributed by atoms with van der Waals surface area (Å²) in [6.07, 6.45) is 4.00. The minimum Gasteiger partial charge on any atom is -0.449 e. The summed E-state index contributed by atoms with van der Waals surface area (Å²) >= 11 is 0. The lowest BCUT2D eigenvalue weighted by Crippen LogP contribution is -2.27. The lowest BCUT2D eigenvalue weighted by atomic mass is 10.0. The summed E-state index contributed by atoms with van der Waals surface area (Å²) in [6.45, 7) is 2.87. The summed E-state index contributed by atoms with van der Waals surface area (Å²) in [5.74, 6) is 0.0953. The third-order valence-corrected chi connectivity index (χ3v) is 4.02. The molecule has 0 aliphatic carbocycles. The predicted molar refractivity (Wildman–Crippen MR) is 95.9 cm³/mol. The van der Waals surface area contributed by atoms with Gasteiger partial charge in [-0.05, 0) is 32.5 Å².